The number of methoxy groups -OCH3 is 1. The Morgan fingerprint density at radius 3 is 2.39 bits per heavy atom. The molecule has 1 aliphatic rings. The van der Waals surface area contributed by atoms with Gasteiger partial charge >= 0.3 is 0 Å². The SMILES string of the molecule is COCCN1C(=O)c2ccccc2C1Nc1ccc(C(=O)Nc2ccc(F)cc2)cc1. The van der Waals surface area contributed by atoms with Crippen molar-refractivity contribution in [3.8, 4) is 0 Å². The highest BCUT2D eigenvalue weighted by Crippen LogP contribution is 2.34. The number of carbonyl (C=O) groups excluding carboxylic acids is 2. The summed E-state index contributed by atoms with van der Waals surface area (Å²) >= 11 is 0. The number of fused-ring (bicyclic) bond motifs is 1. The van der Waals surface area contributed by atoms with E-state index in [1.54, 1.807) is 36.3 Å². The molecule has 0 bridgehead atoms. The van der Waals surface area contributed by atoms with Crippen LogP contribution in [0, 0.1) is 5.82 Å². The summed E-state index contributed by atoms with van der Waals surface area (Å²) in [7, 11) is 1.60. The smallest absolute Gasteiger partial charge is 0.256 e. The van der Waals surface area contributed by atoms with Gasteiger partial charge in [-0.2, -0.15) is 0 Å². The monoisotopic (exact) mass is 419 g/mol. The van der Waals surface area contributed by atoms with E-state index in [2.05, 4.69) is 10.6 Å². The van der Waals surface area contributed by atoms with Gasteiger partial charge in [-0.05, 0) is 54.6 Å². The lowest BCUT2D eigenvalue weighted by Gasteiger charge is -2.27. The third-order valence-electron chi connectivity index (χ3n) is 5.15. The molecular formula is C24H22FN3O3. The predicted octanol–water partition coefficient (Wildman–Crippen LogP) is 4.29. The van der Waals surface area contributed by atoms with Gasteiger partial charge in [-0.25, -0.2) is 4.39 Å². The van der Waals surface area contributed by atoms with Crippen LogP contribution in [-0.2, 0) is 4.74 Å². The van der Waals surface area contributed by atoms with Crippen molar-refractivity contribution in [1.82, 2.24) is 4.90 Å². The second-order valence-electron chi connectivity index (χ2n) is 7.16. The van der Waals surface area contributed by atoms with E-state index >= 15 is 0 Å². The molecule has 0 radical (unpaired) electrons. The number of hydrogen-bond acceptors (Lipinski definition) is 4. The van der Waals surface area contributed by atoms with E-state index in [0.717, 1.165) is 11.3 Å². The van der Waals surface area contributed by atoms with E-state index in [4.69, 9.17) is 4.74 Å². The summed E-state index contributed by atoms with van der Waals surface area (Å²) in [6, 6.07) is 20.1. The van der Waals surface area contributed by atoms with Gasteiger partial charge in [0.15, 0.2) is 0 Å². The standard InChI is InChI=1S/C24H22FN3O3/c1-31-15-14-28-22(20-4-2-3-5-21(20)24(28)30)26-18-10-6-16(7-11-18)23(29)27-19-12-8-17(25)9-13-19/h2-13,22,26H,14-15H2,1H3,(H,27,29). The first-order valence-corrected chi connectivity index (χ1v) is 9.89. The van der Waals surface area contributed by atoms with Gasteiger partial charge in [0.2, 0.25) is 0 Å². The molecule has 158 valence electrons. The number of carbonyl (C=O) groups is 2. The van der Waals surface area contributed by atoms with Gasteiger partial charge in [0, 0.05) is 41.7 Å². The molecule has 31 heavy (non-hydrogen) atoms. The van der Waals surface area contributed by atoms with E-state index in [-0.39, 0.29) is 23.8 Å². The number of nitrogens with zero attached hydrogens (tertiary/aromatic N) is 1. The van der Waals surface area contributed by atoms with Crippen molar-refractivity contribution in [3.63, 3.8) is 0 Å². The number of halogens is 1. The number of hydrogen-bond donors (Lipinski definition) is 2. The predicted molar refractivity (Wildman–Crippen MR) is 117 cm³/mol. The molecule has 1 heterocycles. The lowest BCUT2D eigenvalue weighted by atomic mass is 10.1. The number of benzene rings is 3. The number of nitrogens with one attached hydrogen (secondary N) is 2. The summed E-state index contributed by atoms with van der Waals surface area (Å²) in [6.45, 7) is 0.889. The molecular weight excluding hydrogens is 397 g/mol. The van der Waals surface area contributed by atoms with Crippen molar-refractivity contribution < 1.29 is 18.7 Å². The third-order valence-corrected chi connectivity index (χ3v) is 5.15. The van der Waals surface area contributed by atoms with Crippen molar-refractivity contribution in [2.24, 2.45) is 0 Å². The lowest BCUT2D eigenvalue weighted by molar-refractivity contribution is 0.0674. The Balaban J connectivity index is 1.49. The average Bonchev–Trinajstić information content (AvgIpc) is 3.05. The molecule has 2 amide bonds. The van der Waals surface area contributed by atoms with Crippen LogP contribution in [0.4, 0.5) is 15.8 Å². The third kappa shape index (κ3) is 4.41. The molecule has 7 heteroatoms. The average molecular weight is 419 g/mol. The van der Waals surface area contributed by atoms with Crippen molar-refractivity contribution in [3.05, 3.63) is 95.3 Å². The maximum Gasteiger partial charge on any atom is 0.256 e. The van der Waals surface area contributed by atoms with Crippen LogP contribution >= 0.6 is 0 Å². The highest BCUT2D eigenvalue weighted by Gasteiger charge is 2.36. The molecule has 0 spiro atoms. The molecule has 6 nitrogen and oxygen atoms in total. The Labute approximate surface area is 179 Å². The molecule has 0 fully saturated rings. The first-order chi connectivity index (χ1) is 15.1. The summed E-state index contributed by atoms with van der Waals surface area (Å²) in [5.74, 6) is -0.693. The minimum Gasteiger partial charge on any atom is -0.383 e. The fourth-order valence-electron chi connectivity index (χ4n) is 3.56. The van der Waals surface area contributed by atoms with Crippen molar-refractivity contribution in [1.29, 1.82) is 0 Å². The van der Waals surface area contributed by atoms with Crippen LogP contribution in [0.1, 0.15) is 32.4 Å². The van der Waals surface area contributed by atoms with Crippen LogP contribution in [0.25, 0.3) is 0 Å². The van der Waals surface area contributed by atoms with Gasteiger partial charge in [-0.3, -0.25) is 9.59 Å². The molecule has 3 aromatic carbocycles. The van der Waals surface area contributed by atoms with Crippen LogP contribution in [0.3, 0.4) is 0 Å². The molecule has 1 unspecified atom stereocenters. The lowest BCUT2D eigenvalue weighted by Crippen LogP contribution is -2.34. The molecule has 0 aromatic heterocycles. The second kappa shape index (κ2) is 8.97. The fourth-order valence-corrected chi connectivity index (χ4v) is 3.56. The summed E-state index contributed by atoms with van der Waals surface area (Å²) in [4.78, 5) is 27.0. The summed E-state index contributed by atoms with van der Waals surface area (Å²) in [6.07, 6.45) is -0.322. The first kappa shape index (κ1) is 20.6. The normalized spacial score (nSPS) is 15.0. The highest BCUT2D eigenvalue weighted by atomic mass is 19.1. The molecule has 3 aromatic rings. The molecule has 0 aliphatic carbocycles. The molecule has 4 rings (SSSR count). The quantitative estimate of drug-likeness (QED) is 0.599. The van der Waals surface area contributed by atoms with Crippen LogP contribution < -0.4 is 10.6 Å². The van der Waals surface area contributed by atoms with Gasteiger partial charge in [0.05, 0.1) is 6.61 Å². The van der Waals surface area contributed by atoms with Gasteiger partial charge in [-0.15, -0.1) is 0 Å². The van der Waals surface area contributed by atoms with Crippen LogP contribution in [0.15, 0.2) is 72.8 Å². The van der Waals surface area contributed by atoms with Gasteiger partial charge in [-0.1, -0.05) is 18.2 Å². The first-order valence-electron chi connectivity index (χ1n) is 9.89. The molecule has 2 N–H and O–H groups in total. The Hall–Kier alpha value is -3.71. The number of ether oxygens (including phenoxy) is 1. The Morgan fingerprint density at radius 1 is 1.00 bits per heavy atom. The van der Waals surface area contributed by atoms with Crippen molar-refractivity contribution in [2.45, 2.75) is 6.17 Å². The van der Waals surface area contributed by atoms with E-state index in [9.17, 15) is 14.0 Å². The number of amides is 2. The fraction of sp³-hybridized carbons (Fsp3) is 0.167. The Kier molecular flexibility index (Phi) is 5.95. The Morgan fingerprint density at radius 2 is 1.68 bits per heavy atom. The summed E-state index contributed by atoms with van der Waals surface area (Å²) in [5, 5.41) is 6.12. The summed E-state index contributed by atoms with van der Waals surface area (Å²) < 4.78 is 18.2. The molecule has 0 saturated carbocycles. The maximum absolute atomic E-state index is 13.0. The highest BCUT2D eigenvalue weighted by molar-refractivity contribution is 6.04. The van der Waals surface area contributed by atoms with E-state index < -0.39 is 0 Å². The second-order valence-corrected chi connectivity index (χ2v) is 7.16. The van der Waals surface area contributed by atoms with Crippen molar-refractivity contribution >= 4 is 23.2 Å². The van der Waals surface area contributed by atoms with E-state index in [1.165, 1.54) is 24.3 Å². The minimum absolute atomic E-state index is 0.0413. The topological polar surface area (TPSA) is 70.7 Å². The van der Waals surface area contributed by atoms with Crippen molar-refractivity contribution in [2.75, 3.05) is 30.9 Å². The van der Waals surface area contributed by atoms with Gasteiger partial charge in [0.25, 0.3) is 11.8 Å². The molecule has 0 saturated heterocycles. The van der Waals surface area contributed by atoms with Gasteiger partial charge < -0.3 is 20.3 Å². The zero-order valence-electron chi connectivity index (χ0n) is 17.0. The zero-order chi connectivity index (χ0) is 21.8. The molecule has 1 aliphatic heterocycles. The Bertz CT molecular complexity index is 1080. The maximum atomic E-state index is 13.0. The van der Waals surface area contributed by atoms with Crippen LogP contribution in [-0.4, -0.2) is 37.0 Å². The van der Waals surface area contributed by atoms with Gasteiger partial charge in [0.1, 0.15) is 12.0 Å². The largest absolute Gasteiger partial charge is 0.383 e. The molecule has 1 atom stereocenters. The number of rotatable bonds is 7. The number of anilines is 2. The minimum atomic E-state index is -0.361. The van der Waals surface area contributed by atoms with Crippen LogP contribution in [0.2, 0.25) is 0 Å². The zero-order valence-corrected chi connectivity index (χ0v) is 17.0. The summed E-state index contributed by atoms with van der Waals surface area (Å²) in [5.41, 5.74) is 3.33. The van der Waals surface area contributed by atoms with E-state index in [0.29, 0.717) is 30.0 Å². The van der Waals surface area contributed by atoms with E-state index in [1.807, 2.05) is 24.3 Å². The van der Waals surface area contributed by atoms with Crippen LogP contribution in [0.5, 0.6) is 0 Å².